The van der Waals surface area contributed by atoms with Gasteiger partial charge in [-0.05, 0) is 30.2 Å². The average Bonchev–Trinajstić information content (AvgIpc) is 3.06. The molecule has 2 atom stereocenters. The number of ether oxygens (including phenoxy) is 1. The summed E-state index contributed by atoms with van der Waals surface area (Å²) in [4.78, 5) is 31.7. The maximum absolute atomic E-state index is 13.2. The van der Waals surface area contributed by atoms with Crippen molar-refractivity contribution in [2.75, 3.05) is 26.0 Å². The van der Waals surface area contributed by atoms with E-state index in [1.165, 1.54) is 25.1 Å². The number of benzene rings is 2. The normalized spacial score (nSPS) is 16.9. The highest BCUT2D eigenvalue weighted by Crippen LogP contribution is 2.24. The van der Waals surface area contributed by atoms with Crippen molar-refractivity contribution >= 4 is 33.4 Å². The number of hydrogen-bond acceptors (Lipinski definition) is 6. The Morgan fingerprint density at radius 2 is 1.91 bits per heavy atom. The number of nitrogens with zero attached hydrogens (tertiary/aromatic N) is 2. The molecule has 1 aliphatic rings. The van der Waals surface area contributed by atoms with Crippen LogP contribution in [-0.4, -0.2) is 57.7 Å². The molecule has 3 rings (SSSR count). The lowest BCUT2D eigenvalue weighted by Crippen LogP contribution is -2.43. The molecule has 0 bridgehead atoms. The minimum Gasteiger partial charge on any atom is -0.497 e. The Bertz CT molecular complexity index is 1180. The lowest BCUT2D eigenvalue weighted by atomic mass is 9.98. The van der Waals surface area contributed by atoms with Crippen LogP contribution >= 0.6 is 0 Å². The molecule has 0 radical (unpaired) electrons. The van der Waals surface area contributed by atoms with Crippen LogP contribution in [0, 0.1) is 5.92 Å². The van der Waals surface area contributed by atoms with E-state index in [4.69, 9.17) is 4.74 Å². The highest BCUT2D eigenvalue weighted by molar-refractivity contribution is 7.90. The van der Waals surface area contributed by atoms with Gasteiger partial charge in [-0.15, -0.1) is 0 Å². The molecule has 1 heterocycles. The molecular formula is C23H28N4O5S. The Balaban J connectivity index is 1.78. The van der Waals surface area contributed by atoms with E-state index >= 15 is 0 Å². The van der Waals surface area contributed by atoms with Crippen molar-refractivity contribution in [2.24, 2.45) is 10.9 Å². The molecule has 33 heavy (non-hydrogen) atoms. The van der Waals surface area contributed by atoms with E-state index in [2.05, 4.69) is 15.0 Å². The van der Waals surface area contributed by atoms with Crippen molar-refractivity contribution in [3.63, 3.8) is 0 Å². The summed E-state index contributed by atoms with van der Waals surface area (Å²) in [6, 6.07) is 12.5. The molecule has 2 amide bonds. The third-order valence-corrected chi connectivity index (χ3v) is 6.87. The minimum atomic E-state index is -3.72. The van der Waals surface area contributed by atoms with Crippen LogP contribution < -0.4 is 14.8 Å². The van der Waals surface area contributed by atoms with Crippen molar-refractivity contribution in [2.45, 2.75) is 31.2 Å². The fourth-order valence-corrected chi connectivity index (χ4v) is 4.68. The second kappa shape index (κ2) is 10.0. The summed E-state index contributed by atoms with van der Waals surface area (Å²) in [5.41, 5.74) is 0.980. The molecule has 0 saturated carbocycles. The molecule has 0 aromatic heterocycles. The number of carbonyl (C=O) groups excluding carboxylic acids is 2. The van der Waals surface area contributed by atoms with Crippen LogP contribution in [0.3, 0.4) is 0 Å². The number of sulfonamides is 1. The third-order valence-electron chi connectivity index (χ3n) is 5.48. The number of rotatable bonds is 8. The van der Waals surface area contributed by atoms with Gasteiger partial charge in [-0.2, -0.15) is 0 Å². The molecule has 0 saturated heterocycles. The van der Waals surface area contributed by atoms with Gasteiger partial charge in [0.25, 0.3) is 10.0 Å². The number of anilines is 1. The summed E-state index contributed by atoms with van der Waals surface area (Å²) in [6.07, 6.45) is 0.644. The molecule has 0 unspecified atom stereocenters. The number of amidine groups is 1. The van der Waals surface area contributed by atoms with E-state index in [0.29, 0.717) is 23.4 Å². The lowest BCUT2D eigenvalue weighted by Gasteiger charge is -2.25. The third kappa shape index (κ3) is 5.51. The Morgan fingerprint density at radius 3 is 2.61 bits per heavy atom. The molecule has 2 N–H and O–H groups in total. The van der Waals surface area contributed by atoms with E-state index in [9.17, 15) is 18.0 Å². The first-order valence-electron chi connectivity index (χ1n) is 10.5. The van der Waals surface area contributed by atoms with Crippen LogP contribution in [0.25, 0.3) is 0 Å². The molecule has 0 spiro atoms. The number of fused-ring (bicyclic) bond motifs is 1. The zero-order chi connectivity index (χ0) is 24.2. The first kappa shape index (κ1) is 24.2. The van der Waals surface area contributed by atoms with Gasteiger partial charge in [-0.1, -0.05) is 38.5 Å². The highest BCUT2D eigenvalue weighted by Gasteiger charge is 2.34. The van der Waals surface area contributed by atoms with Gasteiger partial charge < -0.3 is 15.0 Å². The molecule has 0 aliphatic carbocycles. The van der Waals surface area contributed by atoms with Gasteiger partial charge in [0.1, 0.15) is 17.6 Å². The number of amides is 2. The van der Waals surface area contributed by atoms with Crippen molar-refractivity contribution in [3.05, 3.63) is 54.1 Å². The summed E-state index contributed by atoms with van der Waals surface area (Å²) < 4.78 is 32.4. The number of methoxy groups -OCH3 is 1. The molecule has 0 fully saturated rings. The van der Waals surface area contributed by atoms with Crippen LogP contribution in [0.1, 0.15) is 25.8 Å². The quantitative estimate of drug-likeness (QED) is 0.611. The molecule has 176 valence electrons. The molecule has 9 nitrogen and oxygen atoms in total. The van der Waals surface area contributed by atoms with E-state index < -0.39 is 16.1 Å². The zero-order valence-electron chi connectivity index (χ0n) is 19.0. The molecule has 10 heteroatoms. The van der Waals surface area contributed by atoms with Crippen molar-refractivity contribution < 1.29 is 22.7 Å². The minimum absolute atomic E-state index is 0.130. The van der Waals surface area contributed by atoms with Crippen LogP contribution in [0.4, 0.5) is 5.69 Å². The van der Waals surface area contributed by atoms with E-state index in [1.807, 2.05) is 13.8 Å². The highest BCUT2D eigenvalue weighted by atomic mass is 32.2. The molecule has 2 aromatic rings. The van der Waals surface area contributed by atoms with E-state index in [0.717, 1.165) is 0 Å². The molecular weight excluding hydrogens is 444 g/mol. The maximum Gasteiger partial charge on any atom is 0.263 e. The number of aliphatic imine (C=N–C) groups is 1. The second-order valence-electron chi connectivity index (χ2n) is 7.88. The van der Waals surface area contributed by atoms with Crippen LogP contribution in [0.15, 0.2) is 58.4 Å². The Kier molecular flexibility index (Phi) is 7.37. The first-order valence-corrected chi connectivity index (χ1v) is 12.0. The first-order chi connectivity index (χ1) is 15.7. The van der Waals surface area contributed by atoms with Crippen molar-refractivity contribution in [1.82, 2.24) is 9.62 Å². The van der Waals surface area contributed by atoms with Crippen LogP contribution in [0.2, 0.25) is 0 Å². The van der Waals surface area contributed by atoms with Crippen molar-refractivity contribution in [3.8, 4) is 5.75 Å². The summed E-state index contributed by atoms with van der Waals surface area (Å²) >= 11 is 0. The SMILES string of the molecule is CC[C@H](C)[C@H](N=C1NS(=O)(=O)c2ccccc21)C(=O)N(C)CC(=O)Nc1cccc(OC)c1. The van der Waals surface area contributed by atoms with Gasteiger partial charge in [0.2, 0.25) is 11.8 Å². The summed E-state index contributed by atoms with van der Waals surface area (Å²) in [5.74, 6) is -0.184. The van der Waals surface area contributed by atoms with E-state index in [-0.39, 0.29) is 35.0 Å². The number of likely N-dealkylation sites (N-methyl/N-ethyl adjacent to an activating group) is 1. The largest absolute Gasteiger partial charge is 0.497 e. The van der Waals surface area contributed by atoms with Gasteiger partial charge in [0, 0.05) is 24.4 Å². The summed E-state index contributed by atoms with van der Waals surface area (Å²) in [5, 5.41) is 2.74. The van der Waals surface area contributed by atoms with Crippen LogP contribution in [-0.2, 0) is 19.6 Å². The zero-order valence-corrected chi connectivity index (χ0v) is 19.8. The Morgan fingerprint density at radius 1 is 1.18 bits per heavy atom. The Hall–Kier alpha value is -3.40. The van der Waals surface area contributed by atoms with Gasteiger partial charge in [0.05, 0.1) is 18.6 Å². The summed E-state index contributed by atoms with van der Waals surface area (Å²) in [7, 11) is -0.660. The fourth-order valence-electron chi connectivity index (χ4n) is 3.44. The van der Waals surface area contributed by atoms with E-state index in [1.54, 1.807) is 42.5 Å². The monoisotopic (exact) mass is 472 g/mol. The Labute approximate surface area is 193 Å². The topological polar surface area (TPSA) is 117 Å². The standard InChI is InChI=1S/C23H28N4O5S/c1-5-15(2)21(25-22-18-11-6-7-12-19(18)33(30,31)26-22)23(29)27(3)14-20(28)24-16-9-8-10-17(13-16)32-4/h6-13,15,21H,5,14H2,1-4H3,(H,24,28)(H,25,26)/t15-,21-/m0/s1. The lowest BCUT2D eigenvalue weighted by molar-refractivity contribution is -0.135. The predicted octanol–water partition coefficient (Wildman–Crippen LogP) is 2.25. The number of carbonyl (C=O) groups is 2. The second-order valence-corrected chi connectivity index (χ2v) is 9.53. The average molecular weight is 473 g/mol. The van der Waals surface area contributed by atoms with Gasteiger partial charge in [0.15, 0.2) is 0 Å². The molecule has 1 aliphatic heterocycles. The number of hydrogen-bond donors (Lipinski definition) is 2. The van der Waals surface area contributed by atoms with Gasteiger partial charge in [-0.25, -0.2) is 8.42 Å². The number of nitrogens with one attached hydrogen (secondary N) is 2. The smallest absolute Gasteiger partial charge is 0.263 e. The van der Waals surface area contributed by atoms with Crippen molar-refractivity contribution in [1.29, 1.82) is 0 Å². The fraction of sp³-hybridized carbons (Fsp3) is 0.348. The van der Waals surface area contributed by atoms with Gasteiger partial charge in [-0.3, -0.25) is 19.3 Å². The van der Waals surface area contributed by atoms with Gasteiger partial charge >= 0.3 is 0 Å². The predicted molar refractivity (Wildman–Crippen MR) is 126 cm³/mol. The molecule has 2 aromatic carbocycles. The summed E-state index contributed by atoms with van der Waals surface area (Å²) in [6.45, 7) is 3.61. The maximum atomic E-state index is 13.2. The van der Waals surface area contributed by atoms with Crippen LogP contribution in [0.5, 0.6) is 5.75 Å².